The van der Waals surface area contributed by atoms with Gasteiger partial charge in [-0.3, -0.25) is 0 Å². The lowest BCUT2D eigenvalue weighted by Crippen LogP contribution is -2.12. The van der Waals surface area contributed by atoms with E-state index in [1.54, 1.807) is 0 Å². The van der Waals surface area contributed by atoms with E-state index in [0.717, 1.165) is 30.3 Å². The van der Waals surface area contributed by atoms with E-state index in [0.29, 0.717) is 5.56 Å². The lowest BCUT2D eigenvalue weighted by atomic mass is 9.87. The molecule has 21 heavy (non-hydrogen) atoms. The van der Waals surface area contributed by atoms with Gasteiger partial charge in [0, 0.05) is 6.07 Å². The second-order valence-electron chi connectivity index (χ2n) is 5.70. The van der Waals surface area contributed by atoms with Crippen molar-refractivity contribution in [3.8, 4) is 11.5 Å². The third-order valence-electron chi connectivity index (χ3n) is 2.98. The molecule has 0 aromatic heterocycles. The molecule has 2 rings (SSSR count). The van der Waals surface area contributed by atoms with Gasteiger partial charge in [-0.15, -0.1) is 0 Å². The highest BCUT2D eigenvalue weighted by atomic mass is 19.2. The first-order valence-corrected chi connectivity index (χ1v) is 6.31. The Balaban J connectivity index is 2.39. The maximum Gasteiger partial charge on any atom is 0.198 e. The van der Waals surface area contributed by atoms with E-state index in [9.17, 15) is 17.6 Å². The first-order chi connectivity index (χ1) is 9.68. The first kappa shape index (κ1) is 15.4. The van der Waals surface area contributed by atoms with Crippen molar-refractivity contribution in [2.24, 2.45) is 0 Å². The summed E-state index contributed by atoms with van der Waals surface area (Å²) in [4.78, 5) is 0. The molecule has 0 saturated carbocycles. The summed E-state index contributed by atoms with van der Waals surface area (Å²) in [6, 6.07) is 4.97. The summed E-state index contributed by atoms with van der Waals surface area (Å²) >= 11 is 0. The van der Waals surface area contributed by atoms with Crippen molar-refractivity contribution in [1.82, 2.24) is 0 Å². The fourth-order valence-corrected chi connectivity index (χ4v) is 1.75. The molecule has 112 valence electrons. The second kappa shape index (κ2) is 5.39. The Morgan fingerprint density at radius 2 is 1.33 bits per heavy atom. The van der Waals surface area contributed by atoms with E-state index in [2.05, 4.69) is 0 Å². The number of halogens is 4. The summed E-state index contributed by atoms with van der Waals surface area (Å²) in [6.07, 6.45) is 0. The summed E-state index contributed by atoms with van der Waals surface area (Å²) in [5.74, 6) is -4.84. The van der Waals surface area contributed by atoms with Crippen molar-refractivity contribution < 1.29 is 22.3 Å². The van der Waals surface area contributed by atoms with E-state index in [1.807, 2.05) is 20.8 Å². The van der Waals surface area contributed by atoms with Crippen LogP contribution in [0.2, 0.25) is 0 Å². The average molecular weight is 298 g/mol. The smallest absolute Gasteiger partial charge is 0.198 e. The molecule has 1 nitrogen and oxygen atoms in total. The zero-order chi connectivity index (χ0) is 15.8. The Hall–Kier alpha value is -2.04. The zero-order valence-electron chi connectivity index (χ0n) is 11.8. The van der Waals surface area contributed by atoms with Crippen LogP contribution in [0.25, 0.3) is 0 Å². The minimum atomic E-state index is -1.15. The standard InChI is InChI=1S/C16H14F4O/c1-16(2,3)9-6-13(19)15(14(20)7-9)21-10-4-5-11(17)12(18)8-10/h4-8H,1-3H3. The number of benzene rings is 2. The van der Waals surface area contributed by atoms with Gasteiger partial charge in [0.1, 0.15) is 5.75 Å². The fourth-order valence-electron chi connectivity index (χ4n) is 1.75. The summed E-state index contributed by atoms with van der Waals surface area (Å²) in [5, 5.41) is 0. The van der Waals surface area contributed by atoms with E-state index in [-0.39, 0.29) is 5.75 Å². The van der Waals surface area contributed by atoms with Crippen LogP contribution in [0, 0.1) is 23.3 Å². The van der Waals surface area contributed by atoms with Gasteiger partial charge in [0.25, 0.3) is 0 Å². The summed E-state index contributed by atoms with van der Waals surface area (Å²) in [7, 11) is 0. The molecular formula is C16H14F4O. The summed E-state index contributed by atoms with van der Waals surface area (Å²) in [6.45, 7) is 5.45. The third kappa shape index (κ3) is 3.35. The topological polar surface area (TPSA) is 9.23 Å². The molecular weight excluding hydrogens is 284 g/mol. The largest absolute Gasteiger partial charge is 0.451 e. The maximum absolute atomic E-state index is 14.0. The molecule has 0 fully saturated rings. The van der Waals surface area contributed by atoms with Gasteiger partial charge in [0.2, 0.25) is 0 Å². The average Bonchev–Trinajstić information content (AvgIpc) is 2.36. The minimum Gasteiger partial charge on any atom is -0.451 e. The third-order valence-corrected chi connectivity index (χ3v) is 2.98. The quantitative estimate of drug-likeness (QED) is 0.681. The van der Waals surface area contributed by atoms with Crippen LogP contribution in [0.5, 0.6) is 11.5 Å². The summed E-state index contributed by atoms with van der Waals surface area (Å²) < 4.78 is 58.8. The van der Waals surface area contributed by atoms with Crippen molar-refractivity contribution in [2.75, 3.05) is 0 Å². The molecule has 0 bridgehead atoms. The van der Waals surface area contributed by atoms with Crippen LogP contribution in [0.3, 0.4) is 0 Å². The zero-order valence-corrected chi connectivity index (χ0v) is 11.8. The van der Waals surface area contributed by atoms with Crippen LogP contribution < -0.4 is 4.74 Å². The molecule has 0 aliphatic carbocycles. The Labute approximate surface area is 120 Å². The molecule has 0 unspecified atom stereocenters. The van der Waals surface area contributed by atoms with Crippen molar-refractivity contribution in [2.45, 2.75) is 26.2 Å². The number of hydrogen-bond donors (Lipinski definition) is 0. The van der Waals surface area contributed by atoms with E-state index in [1.165, 1.54) is 0 Å². The molecule has 0 N–H and O–H groups in total. The molecule has 2 aromatic rings. The number of rotatable bonds is 2. The molecule has 0 radical (unpaired) electrons. The lowest BCUT2D eigenvalue weighted by Gasteiger charge is -2.20. The molecule has 0 saturated heterocycles. The Bertz CT molecular complexity index is 651. The number of ether oxygens (including phenoxy) is 1. The van der Waals surface area contributed by atoms with Crippen LogP contribution in [-0.2, 0) is 5.41 Å². The van der Waals surface area contributed by atoms with Crippen molar-refractivity contribution in [3.63, 3.8) is 0 Å². The molecule has 0 aliphatic heterocycles. The predicted octanol–water partition coefficient (Wildman–Crippen LogP) is 5.33. The molecule has 0 aliphatic rings. The van der Waals surface area contributed by atoms with Crippen LogP contribution in [0.4, 0.5) is 17.6 Å². The van der Waals surface area contributed by atoms with Gasteiger partial charge in [0.15, 0.2) is 29.0 Å². The highest BCUT2D eigenvalue weighted by Gasteiger charge is 2.20. The fraction of sp³-hybridized carbons (Fsp3) is 0.250. The van der Waals surface area contributed by atoms with Crippen molar-refractivity contribution in [1.29, 1.82) is 0 Å². The van der Waals surface area contributed by atoms with Gasteiger partial charge < -0.3 is 4.74 Å². The normalized spacial score (nSPS) is 11.6. The Kier molecular flexibility index (Phi) is 3.94. The van der Waals surface area contributed by atoms with E-state index >= 15 is 0 Å². The monoisotopic (exact) mass is 298 g/mol. The van der Waals surface area contributed by atoms with Crippen molar-refractivity contribution >= 4 is 0 Å². The van der Waals surface area contributed by atoms with Gasteiger partial charge in [-0.25, -0.2) is 17.6 Å². The maximum atomic E-state index is 14.0. The molecule has 0 amide bonds. The van der Waals surface area contributed by atoms with Crippen LogP contribution >= 0.6 is 0 Å². The van der Waals surface area contributed by atoms with Crippen LogP contribution in [0.15, 0.2) is 30.3 Å². The number of hydrogen-bond acceptors (Lipinski definition) is 1. The predicted molar refractivity (Wildman–Crippen MR) is 71.5 cm³/mol. The highest BCUT2D eigenvalue weighted by molar-refractivity contribution is 5.38. The van der Waals surface area contributed by atoms with Gasteiger partial charge in [-0.1, -0.05) is 20.8 Å². The highest BCUT2D eigenvalue weighted by Crippen LogP contribution is 2.33. The van der Waals surface area contributed by atoms with Crippen LogP contribution in [0.1, 0.15) is 26.3 Å². The van der Waals surface area contributed by atoms with E-state index < -0.39 is 34.4 Å². The molecule has 0 heterocycles. The van der Waals surface area contributed by atoms with Gasteiger partial charge in [-0.05, 0) is 35.2 Å². The van der Waals surface area contributed by atoms with Crippen LogP contribution in [-0.4, -0.2) is 0 Å². The SMILES string of the molecule is CC(C)(C)c1cc(F)c(Oc2ccc(F)c(F)c2)c(F)c1. The molecule has 0 atom stereocenters. The Morgan fingerprint density at radius 1 is 0.762 bits per heavy atom. The lowest BCUT2D eigenvalue weighted by molar-refractivity contribution is 0.398. The van der Waals surface area contributed by atoms with Gasteiger partial charge in [-0.2, -0.15) is 0 Å². The summed E-state index contributed by atoms with van der Waals surface area (Å²) in [5.41, 5.74) is 0.0393. The Morgan fingerprint density at radius 3 is 1.81 bits per heavy atom. The van der Waals surface area contributed by atoms with Gasteiger partial charge in [0.05, 0.1) is 0 Å². The molecule has 0 spiro atoms. The second-order valence-corrected chi connectivity index (χ2v) is 5.70. The molecule has 2 aromatic carbocycles. The molecule has 5 heteroatoms. The van der Waals surface area contributed by atoms with Crippen molar-refractivity contribution in [3.05, 3.63) is 59.2 Å². The van der Waals surface area contributed by atoms with E-state index in [4.69, 9.17) is 4.74 Å². The first-order valence-electron chi connectivity index (χ1n) is 6.31. The minimum absolute atomic E-state index is 0.185. The van der Waals surface area contributed by atoms with Gasteiger partial charge >= 0.3 is 0 Å².